The summed E-state index contributed by atoms with van der Waals surface area (Å²) >= 11 is 3.42. The maximum absolute atomic E-state index is 13.9. The first-order valence-corrected chi connectivity index (χ1v) is 7.80. The Kier molecular flexibility index (Phi) is 5.37. The molecule has 1 aromatic rings. The fraction of sp³-hybridized carbons (Fsp3) is 0.600. The molecule has 0 saturated carbocycles. The van der Waals surface area contributed by atoms with Crippen LogP contribution < -0.4 is 5.32 Å². The van der Waals surface area contributed by atoms with Crippen LogP contribution in [0.15, 0.2) is 22.7 Å². The van der Waals surface area contributed by atoms with Gasteiger partial charge in [0.05, 0.1) is 0 Å². The lowest BCUT2D eigenvalue weighted by Gasteiger charge is -2.39. The molecule has 106 valence electrons. The lowest BCUT2D eigenvalue weighted by Crippen LogP contribution is -2.54. The summed E-state index contributed by atoms with van der Waals surface area (Å²) in [5.74, 6) is -0.107. The van der Waals surface area contributed by atoms with E-state index in [0.717, 1.165) is 36.0 Å². The van der Waals surface area contributed by atoms with Gasteiger partial charge in [0, 0.05) is 41.8 Å². The zero-order valence-electron chi connectivity index (χ0n) is 11.6. The van der Waals surface area contributed by atoms with Crippen LogP contribution in [-0.2, 0) is 6.54 Å². The molecule has 0 bridgehead atoms. The van der Waals surface area contributed by atoms with Crippen LogP contribution in [0, 0.1) is 5.82 Å². The number of rotatable bonds is 4. The van der Waals surface area contributed by atoms with E-state index in [-0.39, 0.29) is 5.82 Å². The molecule has 19 heavy (non-hydrogen) atoms. The van der Waals surface area contributed by atoms with E-state index in [1.54, 1.807) is 12.1 Å². The van der Waals surface area contributed by atoms with Crippen LogP contribution >= 0.6 is 15.9 Å². The lowest BCUT2D eigenvalue weighted by molar-refractivity contribution is 0.118. The molecule has 2 rings (SSSR count). The van der Waals surface area contributed by atoms with Crippen molar-refractivity contribution < 1.29 is 4.39 Å². The SMILES string of the molecule is CCCC1CNC(C)CN1Cc1cc(Br)ccc1F. The summed E-state index contributed by atoms with van der Waals surface area (Å²) in [6.07, 6.45) is 2.33. The van der Waals surface area contributed by atoms with Crippen LogP contribution in [-0.4, -0.2) is 30.1 Å². The molecule has 1 aliphatic heterocycles. The quantitative estimate of drug-likeness (QED) is 0.909. The van der Waals surface area contributed by atoms with E-state index in [1.807, 2.05) is 6.07 Å². The van der Waals surface area contributed by atoms with E-state index >= 15 is 0 Å². The van der Waals surface area contributed by atoms with Gasteiger partial charge in [-0.3, -0.25) is 4.90 Å². The summed E-state index contributed by atoms with van der Waals surface area (Å²) in [7, 11) is 0. The molecular formula is C15H22BrFN2. The fourth-order valence-corrected chi connectivity index (χ4v) is 3.13. The second-order valence-corrected chi connectivity index (χ2v) is 6.33. The average Bonchev–Trinajstić information content (AvgIpc) is 2.37. The molecule has 1 aliphatic rings. The second kappa shape index (κ2) is 6.82. The first-order chi connectivity index (χ1) is 9.10. The van der Waals surface area contributed by atoms with Gasteiger partial charge in [-0.15, -0.1) is 0 Å². The van der Waals surface area contributed by atoms with Gasteiger partial charge in [0.1, 0.15) is 5.82 Å². The molecule has 0 aliphatic carbocycles. The number of piperazine rings is 1. The van der Waals surface area contributed by atoms with Crippen LogP contribution in [0.25, 0.3) is 0 Å². The number of nitrogens with zero attached hydrogens (tertiary/aromatic N) is 1. The Balaban J connectivity index is 2.11. The number of hydrogen-bond donors (Lipinski definition) is 1. The highest BCUT2D eigenvalue weighted by atomic mass is 79.9. The Morgan fingerprint density at radius 1 is 1.47 bits per heavy atom. The average molecular weight is 329 g/mol. The highest BCUT2D eigenvalue weighted by Crippen LogP contribution is 2.21. The van der Waals surface area contributed by atoms with Crippen molar-refractivity contribution in [2.24, 2.45) is 0 Å². The van der Waals surface area contributed by atoms with Crippen LogP contribution in [0.1, 0.15) is 32.3 Å². The molecule has 1 aromatic carbocycles. The van der Waals surface area contributed by atoms with Crippen molar-refractivity contribution >= 4 is 15.9 Å². The molecule has 1 N–H and O–H groups in total. The minimum atomic E-state index is -0.107. The van der Waals surface area contributed by atoms with Crippen molar-refractivity contribution in [1.29, 1.82) is 0 Å². The first-order valence-electron chi connectivity index (χ1n) is 7.01. The zero-order valence-corrected chi connectivity index (χ0v) is 13.2. The molecule has 4 heteroatoms. The van der Waals surface area contributed by atoms with Gasteiger partial charge in [-0.25, -0.2) is 4.39 Å². The van der Waals surface area contributed by atoms with Crippen LogP contribution in [0.3, 0.4) is 0 Å². The Bertz CT molecular complexity index is 425. The number of benzene rings is 1. The topological polar surface area (TPSA) is 15.3 Å². The van der Waals surface area contributed by atoms with Crippen molar-refractivity contribution in [3.05, 3.63) is 34.1 Å². The minimum absolute atomic E-state index is 0.107. The van der Waals surface area contributed by atoms with E-state index in [9.17, 15) is 4.39 Å². The van der Waals surface area contributed by atoms with Gasteiger partial charge in [-0.05, 0) is 31.5 Å². The van der Waals surface area contributed by atoms with Crippen LogP contribution in [0.2, 0.25) is 0 Å². The molecule has 0 amide bonds. The Morgan fingerprint density at radius 3 is 3.00 bits per heavy atom. The zero-order chi connectivity index (χ0) is 13.8. The molecule has 2 unspecified atom stereocenters. The molecule has 1 saturated heterocycles. The fourth-order valence-electron chi connectivity index (χ4n) is 2.73. The molecule has 0 radical (unpaired) electrons. The Hall–Kier alpha value is -0.450. The summed E-state index contributed by atoms with van der Waals surface area (Å²) in [5, 5.41) is 3.51. The Labute approximate surface area is 123 Å². The van der Waals surface area contributed by atoms with Crippen molar-refractivity contribution in [2.45, 2.75) is 45.3 Å². The highest BCUT2D eigenvalue weighted by Gasteiger charge is 2.25. The van der Waals surface area contributed by atoms with E-state index in [1.165, 1.54) is 0 Å². The molecule has 1 fully saturated rings. The van der Waals surface area contributed by atoms with E-state index in [2.05, 4.69) is 40.0 Å². The summed E-state index contributed by atoms with van der Waals surface area (Å²) in [6, 6.07) is 6.18. The lowest BCUT2D eigenvalue weighted by atomic mass is 10.0. The predicted octanol–water partition coefficient (Wildman–Crippen LogP) is 3.55. The van der Waals surface area contributed by atoms with Crippen LogP contribution in [0.5, 0.6) is 0 Å². The number of halogens is 2. The third-order valence-corrected chi connectivity index (χ3v) is 4.22. The third-order valence-electron chi connectivity index (χ3n) is 3.73. The van der Waals surface area contributed by atoms with Crippen molar-refractivity contribution in [1.82, 2.24) is 10.2 Å². The largest absolute Gasteiger partial charge is 0.311 e. The van der Waals surface area contributed by atoms with E-state index in [4.69, 9.17) is 0 Å². The molecule has 2 atom stereocenters. The van der Waals surface area contributed by atoms with Gasteiger partial charge in [0.15, 0.2) is 0 Å². The summed E-state index contributed by atoms with van der Waals surface area (Å²) < 4.78 is 14.8. The monoisotopic (exact) mass is 328 g/mol. The predicted molar refractivity (Wildman–Crippen MR) is 80.7 cm³/mol. The summed E-state index contributed by atoms with van der Waals surface area (Å²) in [6.45, 7) is 7.07. The van der Waals surface area contributed by atoms with Crippen LogP contribution in [0.4, 0.5) is 4.39 Å². The number of nitrogens with one attached hydrogen (secondary N) is 1. The van der Waals surface area contributed by atoms with E-state index in [0.29, 0.717) is 18.6 Å². The van der Waals surface area contributed by atoms with Crippen molar-refractivity contribution in [2.75, 3.05) is 13.1 Å². The maximum atomic E-state index is 13.9. The minimum Gasteiger partial charge on any atom is -0.311 e. The third kappa shape index (κ3) is 4.01. The molecule has 1 heterocycles. The number of hydrogen-bond acceptors (Lipinski definition) is 2. The van der Waals surface area contributed by atoms with Gasteiger partial charge >= 0.3 is 0 Å². The molecule has 2 nitrogen and oxygen atoms in total. The standard InChI is InChI=1S/C15H22BrFN2/c1-3-4-14-8-18-11(2)9-19(14)10-12-7-13(16)5-6-15(12)17/h5-7,11,14,18H,3-4,8-10H2,1-2H3. The van der Waals surface area contributed by atoms with Gasteiger partial charge in [0.25, 0.3) is 0 Å². The molecule has 0 aromatic heterocycles. The van der Waals surface area contributed by atoms with Crippen molar-refractivity contribution in [3.63, 3.8) is 0 Å². The smallest absolute Gasteiger partial charge is 0.127 e. The highest BCUT2D eigenvalue weighted by molar-refractivity contribution is 9.10. The molecule has 0 spiro atoms. The van der Waals surface area contributed by atoms with Crippen molar-refractivity contribution in [3.8, 4) is 0 Å². The van der Waals surface area contributed by atoms with Gasteiger partial charge < -0.3 is 5.32 Å². The van der Waals surface area contributed by atoms with Gasteiger partial charge in [-0.1, -0.05) is 29.3 Å². The maximum Gasteiger partial charge on any atom is 0.127 e. The summed E-state index contributed by atoms with van der Waals surface area (Å²) in [5.41, 5.74) is 0.782. The van der Waals surface area contributed by atoms with E-state index < -0.39 is 0 Å². The Morgan fingerprint density at radius 2 is 2.26 bits per heavy atom. The second-order valence-electron chi connectivity index (χ2n) is 5.42. The van der Waals surface area contributed by atoms with Gasteiger partial charge in [-0.2, -0.15) is 0 Å². The first kappa shape index (κ1) is 14.9. The summed E-state index contributed by atoms with van der Waals surface area (Å²) in [4.78, 5) is 2.41. The van der Waals surface area contributed by atoms with Gasteiger partial charge in [0.2, 0.25) is 0 Å². The molecular weight excluding hydrogens is 307 g/mol. The normalized spacial score (nSPS) is 24.6.